The minimum absolute atomic E-state index is 0.172. The Kier molecular flexibility index (Phi) is 4.02. The van der Waals surface area contributed by atoms with Gasteiger partial charge in [0.1, 0.15) is 0 Å². The highest BCUT2D eigenvalue weighted by atomic mass is 16.3. The van der Waals surface area contributed by atoms with Gasteiger partial charge in [-0.3, -0.25) is 0 Å². The quantitative estimate of drug-likeness (QED) is 0.657. The van der Waals surface area contributed by atoms with Gasteiger partial charge in [-0.05, 0) is 45.6 Å². The van der Waals surface area contributed by atoms with Crippen molar-refractivity contribution in [1.29, 1.82) is 0 Å². The lowest BCUT2D eigenvalue weighted by molar-refractivity contribution is 0.167. The van der Waals surface area contributed by atoms with Gasteiger partial charge in [0.15, 0.2) is 0 Å². The Hall–Kier alpha value is -0.0800. The maximum absolute atomic E-state index is 9.12. The molecule has 0 spiro atoms. The number of hydrogen-bond acceptors (Lipinski definition) is 2. The van der Waals surface area contributed by atoms with E-state index < -0.39 is 0 Å². The molecule has 2 nitrogen and oxygen atoms in total. The molecule has 0 bridgehead atoms. The first-order chi connectivity index (χ1) is 5.68. The Morgan fingerprint density at radius 1 is 1.42 bits per heavy atom. The molecule has 1 saturated carbocycles. The topological polar surface area (TPSA) is 32.3 Å². The third-order valence-corrected chi connectivity index (χ3v) is 2.67. The highest BCUT2D eigenvalue weighted by molar-refractivity contribution is 4.74. The summed E-state index contributed by atoms with van der Waals surface area (Å²) in [6.45, 7) is 5.14. The monoisotopic (exact) mass is 171 g/mol. The van der Waals surface area contributed by atoms with E-state index in [2.05, 4.69) is 12.2 Å². The zero-order valence-corrected chi connectivity index (χ0v) is 8.21. The Morgan fingerprint density at radius 3 is 2.50 bits per heavy atom. The average molecular weight is 171 g/mol. The van der Waals surface area contributed by atoms with E-state index in [4.69, 9.17) is 5.11 Å². The van der Waals surface area contributed by atoms with Crippen molar-refractivity contribution >= 4 is 0 Å². The molecule has 0 aliphatic heterocycles. The van der Waals surface area contributed by atoms with Crippen LogP contribution in [0.2, 0.25) is 0 Å². The van der Waals surface area contributed by atoms with E-state index in [0.717, 1.165) is 18.9 Å². The Bertz CT molecular complexity index is 121. The molecule has 0 radical (unpaired) electrons. The largest absolute Gasteiger partial charge is 0.393 e. The first-order valence-electron chi connectivity index (χ1n) is 5.10. The van der Waals surface area contributed by atoms with Gasteiger partial charge >= 0.3 is 0 Å². The van der Waals surface area contributed by atoms with Crippen LogP contribution in [0.1, 0.15) is 39.5 Å². The van der Waals surface area contributed by atoms with Gasteiger partial charge in [-0.2, -0.15) is 0 Å². The molecule has 0 aromatic carbocycles. The van der Waals surface area contributed by atoms with Crippen LogP contribution in [0, 0.1) is 5.92 Å². The molecule has 0 saturated heterocycles. The van der Waals surface area contributed by atoms with Crippen LogP contribution in [0.3, 0.4) is 0 Å². The third kappa shape index (κ3) is 3.55. The van der Waals surface area contributed by atoms with Crippen molar-refractivity contribution < 1.29 is 5.11 Å². The molecule has 1 aliphatic rings. The lowest BCUT2D eigenvalue weighted by Crippen LogP contribution is -2.35. The summed E-state index contributed by atoms with van der Waals surface area (Å²) >= 11 is 0. The van der Waals surface area contributed by atoms with Crippen LogP contribution in [-0.2, 0) is 0 Å². The summed E-state index contributed by atoms with van der Waals surface area (Å²) in [7, 11) is 0. The van der Waals surface area contributed by atoms with Crippen LogP contribution >= 0.6 is 0 Å². The Balaban J connectivity index is 1.97. The minimum Gasteiger partial charge on any atom is -0.393 e. The van der Waals surface area contributed by atoms with Crippen LogP contribution in [0.5, 0.6) is 0 Å². The molecule has 0 amide bonds. The van der Waals surface area contributed by atoms with Crippen LogP contribution in [-0.4, -0.2) is 23.8 Å². The van der Waals surface area contributed by atoms with Crippen molar-refractivity contribution in [3.8, 4) is 0 Å². The summed E-state index contributed by atoms with van der Waals surface area (Å²) in [4.78, 5) is 0. The summed E-state index contributed by atoms with van der Waals surface area (Å²) in [6.07, 6.45) is 4.90. The molecule has 12 heavy (non-hydrogen) atoms. The third-order valence-electron chi connectivity index (χ3n) is 2.67. The van der Waals surface area contributed by atoms with Gasteiger partial charge < -0.3 is 10.4 Å². The fourth-order valence-electron chi connectivity index (χ4n) is 1.66. The van der Waals surface area contributed by atoms with Crippen LogP contribution in [0.4, 0.5) is 0 Å². The predicted octanol–water partition coefficient (Wildman–Crippen LogP) is 1.54. The fraction of sp³-hybridized carbons (Fsp3) is 1.00. The van der Waals surface area contributed by atoms with Gasteiger partial charge in [0, 0.05) is 6.04 Å². The number of aliphatic hydroxyl groups excluding tert-OH is 1. The van der Waals surface area contributed by atoms with E-state index in [0.29, 0.717) is 6.04 Å². The molecular weight excluding hydrogens is 150 g/mol. The van der Waals surface area contributed by atoms with Crippen molar-refractivity contribution in [1.82, 2.24) is 5.32 Å². The molecule has 0 heterocycles. The Labute approximate surface area is 75.4 Å². The highest BCUT2D eigenvalue weighted by Crippen LogP contribution is 2.25. The molecular formula is C10H21NO. The lowest BCUT2D eigenvalue weighted by atomic mass is 9.85. The fourth-order valence-corrected chi connectivity index (χ4v) is 1.66. The van der Waals surface area contributed by atoms with Gasteiger partial charge in [-0.25, -0.2) is 0 Å². The summed E-state index contributed by atoms with van der Waals surface area (Å²) in [5, 5.41) is 12.6. The average Bonchev–Trinajstić information content (AvgIpc) is 1.81. The zero-order chi connectivity index (χ0) is 8.97. The maximum Gasteiger partial charge on any atom is 0.0526 e. The van der Waals surface area contributed by atoms with E-state index in [-0.39, 0.29) is 6.10 Å². The van der Waals surface area contributed by atoms with E-state index in [1.54, 1.807) is 0 Å². The second-order valence-electron chi connectivity index (χ2n) is 4.19. The maximum atomic E-state index is 9.12. The first kappa shape index (κ1) is 10.0. The van der Waals surface area contributed by atoms with E-state index in [1.165, 1.54) is 19.3 Å². The standard InChI is InChI=1S/C10H21NO/c1-8(6-9(2)12)11-7-10-4-3-5-10/h8-12H,3-7H2,1-2H3. The summed E-state index contributed by atoms with van der Waals surface area (Å²) < 4.78 is 0. The smallest absolute Gasteiger partial charge is 0.0526 e. The van der Waals surface area contributed by atoms with E-state index in [1.807, 2.05) is 6.92 Å². The predicted molar refractivity (Wildman–Crippen MR) is 51.1 cm³/mol. The van der Waals surface area contributed by atoms with Crippen molar-refractivity contribution in [2.45, 2.75) is 51.7 Å². The molecule has 72 valence electrons. The molecule has 0 aromatic heterocycles. The van der Waals surface area contributed by atoms with Crippen LogP contribution in [0.15, 0.2) is 0 Å². The van der Waals surface area contributed by atoms with Crippen LogP contribution < -0.4 is 5.32 Å². The molecule has 2 N–H and O–H groups in total. The zero-order valence-electron chi connectivity index (χ0n) is 8.21. The number of aliphatic hydroxyl groups is 1. The van der Waals surface area contributed by atoms with Gasteiger partial charge in [0.25, 0.3) is 0 Å². The van der Waals surface area contributed by atoms with Crippen molar-refractivity contribution in [3.63, 3.8) is 0 Å². The number of nitrogens with one attached hydrogen (secondary N) is 1. The molecule has 1 fully saturated rings. The van der Waals surface area contributed by atoms with E-state index in [9.17, 15) is 0 Å². The normalized spacial score (nSPS) is 23.2. The summed E-state index contributed by atoms with van der Waals surface area (Å²) in [5.41, 5.74) is 0. The summed E-state index contributed by atoms with van der Waals surface area (Å²) in [6, 6.07) is 0.464. The van der Waals surface area contributed by atoms with Crippen molar-refractivity contribution in [2.24, 2.45) is 5.92 Å². The lowest BCUT2D eigenvalue weighted by Gasteiger charge is -2.27. The molecule has 2 atom stereocenters. The van der Waals surface area contributed by atoms with Gasteiger partial charge in [-0.15, -0.1) is 0 Å². The minimum atomic E-state index is -0.172. The van der Waals surface area contributed by atoms with Gasteiger partial charge in [-0.1, -0.05) is 6.42 Å². The Morgan fingerprint density at radius 2 is 2.08 bits per heavy atom. The van der Waals surface area contributed by atoms with Crippen molar-refractivity contribution in [3.05, 3.63) is 0 Å². The van der Waals surface area contributed by atoms with Crippen LogP contribution in [0.25, 0.3) is 0 Å². The van der Waals surface area contributed by atoms with Crippen molar-refractivity contribution in [2.75, 3.05) is 6.54 Å². The second-order valence-corrected chi connectivity index (χ2v) is 4.19. The number of rotatable bonds is 5. The molecule has 1 rings (SSSR count). The highest BCUT2D eigenvalue weighted by Gasteiger charge is 2.17. The second kappa shape index (κ2) is 4.83. The van der Waals surface area contributed by atoms with E-state index >= 15 is 0 Å². The summed E-state index contributed by atoms with van der Waals surface area (Å²) in [5.74, 6) is 0.918. The molecule has 2 unspecified atom stereocenters. The van der Waals surface area contributed by atoms with Gasteiger partial charge in [0.2, 0.25) is 0 Å². The molecule has 1 aliphatic carbocycles. The van der Waals surface area contributed by atoms with Gasteiger partial charge in [0.05, 0.1) is 6.10 Å². The molecule has 0 aromatic rings. The number of hydrogen-bond donors (Lipinski definition) is 2. The SMILES string of the molecule is CC(O)CC(C)NCC1CCC1. The first-order valence-corrected chi connectivity index (χ1v) is 5.10. The molecule has 2 heteroatoms.